The van der Waals surface area contributed by atoms with E-state index in [1.165, 1.54) is 0 Å². The van der Waals surface area contributed by atoms with Crippen LogP contribution >= 0.6 is 0 Å². The molecule has 3 aromatic rings. The van der Waals surface area contributed by atoms with Gasteiger partial charge in [0.15, 0.2) is 0 Å². The maximum absolute atomic E-state index is 13.0. The van der Waals surface area contributed by atoms with Crippen LogP contribution in [0, 0.1) is 20.8 Å². The van der Waals surface area contributed by atoms with Crippen molar-refractivity contribution in [2.45, 2.75) is 32.2 Å². The zero-order valence-corrected chi connectivity index (χ0v) is 18.4. The first kappa shape index (κ1) is 20.8. The summed E-state index contributed by atoms with van der Waals surface area (Å²) in [5, 5.41) is 0. The van der Waals surface area contributed by atoms with Crippen molar-refractivity contribution in [3.8, 4) is 11.5 Å². The lowest BCUT2D eigenvalue weighted by Gasteiger charge is -2.33. The topological polar surface area (TPSA) is 66.7 Å². The van der Waals surface area contributed by atoms with E-state index in [0.717, 1.165) is 28.1 Å². The van der Waals surface area contributed by atoms with Crippen molar-refractivity contribution in [2.24, 2.45) is 0 Å². The largest absolute Gasteiger partial charge is 0.441 e. The molecule has 0 aliphatic carbocycles. The van der Waals surface area contributed by atoms with E-state index in [1.54, 1.807) is 16.4 Å². The summed E-state index contributed by atoms with van der Waals surface area (Å²) in [4.78, 5) is 7.27. The average molecular weight is 426 g/mol. The molecule has 1 aromatic heterocycles. The van der Waals surface area contributed by atoms with Gasteiger partial charge in [0.25, 0.3) is 0 Å². The van der Waals surface area contributed by atoms with Crippen LogP contribution in [0.4, 0.5) is 0 Å². The molecule has 0 bridgehead atoms. The normalized spacial score (nSPS) is 16.1. The van der Waals surface area contributed by atoms with Crippen molar-refractivity contribution < 1.29 is 12.8 Å². The fourth-order valence-corrected chi connectivity index (χ4v) is 5.15. The summed E-state index contributed by atoms with van der Waals surface area (Å²) in [5.41, 5.74) is 3.94. The summed E-state index contributed by atoms with van der Waals surface area (Å²) in [6, 6.07) is 15.2. The van der Waals surface area contributed by atoms with Crippen LogP contribution in [0.2, 0.25) is 0 Å². The maximum Gasteiger partial charge on any atom is 0.243 e. The third kappa shape index (κ3) is 4.19. The van der Waals surface area contributed by atoms with E-state index in [1.807, 2.05) is 57.2 Å². The molecular formula is C23H27N3O3S. The quantitative estimate of drug-likeness (QED) is 0.622. The smallest absolute Gasteiger partial charge is 0.243 e. The van der Waals surface area contributed by atoms with Gasteiger partial charge in [-0.1, -0.05) is 24.3 Å². The lowest BCUT2D eigenvalue weighted by molar-refractivity contribution is 0.179. The van der Waals surface area contributed by atoms with Crippen molar-refractivity contribution in [3.63, 3.8) is 0 Å². The van der Waals surface area contributed by atoms with Crippen LogP contribution < -0.4 is 0 Å². The second-order valence-electron chi connectivity index (χ2n) is 7.81. The molecule has 1 fully saturated rings. The van der Waals surface area contributed by atoms with E-state index in [4.69, 9.17) is 4.42 Å². The Kier molecular flexibility index (Phi) is 5.77. The van der Waals surface area contributed by atoms with Gasteiger partial charge < -0.3 is 4.42 Å². The fraction of sp³-hybridized carbons (Fsp3) is 0.348. The van der Waals surface area contributed by atoms with Crippen LogP contribution in [-0.4, -0.2) is 48.8 Å². The molecule has 0 atom stereocenters. The van der Waals surface area contributed by atoms with Crippen molar-refractivity contribution in [1.29, 1.82) is 0 Å². The number of hydrogen-bond acceptors (Lipinski definition) is 5. The SMILES string of the molecule is Cc1ccc(S(=O)(=O)N2CCN(Cc3nc(-c4ccccc4)oc3C)CC2)cc1C. The first-order valence-corrected chi connectivity index (χ1v) is 11.6. The summed E-state index contributed by atoms with van der Waals surface area (Å²) >= 11 is 0. The molecular weight excluding hydrogens is 398 g/mol. The summed E-state index contributed by atoms with van der Waals surface area (Å²) in [6.07, 6.45) is 0. The molecule has 7 heteroatoms. The fourth-order valence-electron chi connectivity index (χ4n) is 3.64. The summed E-state index contributed by atoms with van der Waals surface area (Å²) in [7, 11) is -3.47. The third-order valence-corrected chi connectivity index (χ3v) is 7.63. The lowest BCUT2D eigenvalue weighted by atomic mass is 10.1. The van der Waals surface area contributed by atoms with E-state index in [9.17, 15) is 8.42 Å². The Labute approximate surface area is 178 Å². The molecule has 0 radical (unpaired) electrons. The Morgan fingerprint density at radius 1 is 0.933 bits per heavy atom. The van der Waals surface area contributed by atoms with Crippen LogP contribution in [0.5, 0.6) is 0 Å². The molecule has 0 amide bonds. The van der Waals surface area contributed by atoms with E-state index >= 15 is 0 Å². The highest BCUT2D eigenvalue weighted by atomic mass is 32.2. The van der Waals surface area contributed by atoms with E-state index in [2.05, 4.69) is 9.88 Å². The Morgan fingerprint density at radius 2 is 1.63 bits per heavy atom. The minimum atomic E-state index is -3.47. The standard InChI is InChI=1S/C23H27N3O3S/c1-17-9-10-21(15-18(17)2)30(27,28)26-13-11-25(12-14-26)16-22-19(3)29-23(24-22)20-7-5-4-6-8-20/h4-10,15H,11-14,16H2,1-3H3. The molecule has 30 heavy (non-hydrogen) atoms. The van der Waals surface area contributed by atoms with Crippen molar-refractivity contribution in [1.82, 2.24) is 14.2 Å². The Morgan fingerprint density at radius 3 is 2.30 bits per heavy atom. The zero-order valence-electron chi connectivity index (χ0n) is 17.6. The third-order valence-electron chi connectivity index (χ3n) is 5.73. The highest BCUT2D eigenvalue weighted by molar-refractivity contribution is 7.89. The molecule has 0 saturated carbocycles. The van der Waals surface area contributed by atoms with Crippen LogP contribution in [0.15, 0.2) is 57.8 Å². The van der Waals surface area contributed by atoms with Crippen LogP contribution in [0.3, 0.4) is 0 Å². The monoisotopic (exact) mass is 425 g/mol. The van der Waals surface area contributed by atoms with Crippen molar-refractivity contribution >= 4 is 10.0 Å². The van der Waals surface area contributed by atoms with Gasteiger partial charge in [0.05, 0.1) is 10.6 Å². The Balaban J connectivity index is 1.41. The summed E-state index contributed by atoms with van der Waals surface area (Å²) in [6.45, 7) is 8.77. The van der Waals surface area contributed by atoms with Gasteiger partial charge >= 0.3 is 0 Å². The number of hydrogen-bond donors (Lipinski definition) is 0. The molecule has 158 valence electrons. The molecule has 0 N–H and O–H groups in total. The minimum Gasteiger partial charge on any atom is -0.441 e. The van der Waals surface area contributed by atoms with Crippen molar-refractivity contribution in [3.05, 3.63) is 71.1 Å². The van der Waals surface area contributed by atoms with E-state index in [0.29, 0.717) is 43.5 Å². The van der Waals surface area contributed by atoms with Gasteiger partial charge in [0, 0.05) is 38.3 Å². The van der Waals surface area contributed by atoms with Gasteiger partial charge in [0.2, 0.25) is 15.9 Å². The molecule has 0 spiro atoms. The molecule has 0 unspecified atom stereocenters. The predicted octanol–water partition coefficient (Wildman–Crippen LogP) is 3.77. The highest BCUT2D eigenvalue weighted by Crippen LogP contribution is 2.24. The Hall–Kier alpha value is -2.48. The second-order valence-corrected chi connectivity index (χ2v) is 9.75. The lowest BCUT2D eigenvalue weighted by Crippen LogP contribution is -2.48. The summed E-state index contributed by atoms with van der Waals surface area (Å²) < 4.78 is 33.5. The van der Waals surface area contributed by atoms with Crippen molar-refractivity contribution in [2.75, 3.05) is 26.2 Å². The number of aryl methyl sites for hydroxylation is 3. The van der Waals surface area contributed by atoms with Crippen LogP contribution in [0.1, 0.15) is 22.6 Å². The Bertz CT molecular complexity index is 1130. The van der Waals surface area contributed by atoms with Gasteiger partial charge in [-0.25, -0.2) is 13.4 Å². The zero-order chi connectivity index (χ0) is 21.3. The number of nitrogens with zero attached hydrogens (tertiary/aromatic N) is 3. The first-order chi connectivity index (χ1) is 14.3. The number of oxazole rings is 1. The van der Waals surface area contributed by atoms with Gasteiger partial charge in [-0.3, -0.25) is 4.90 Å². The van der Waals surface area contributed by atoms with Gasteiger partial charge in [-0.2, -0.15) is 4.31 Å². The second kappa shape index (κ2) is 8.34. The molecule has 4 rings (SSSR count). The minimum absolute atomic E-state index is 0.374. The van der Waals surface area contributed by atoms with Gasteiger partial charge in [-0.15, -0.1) is 0 Å². The number of piperazine rings is 1. The molecule has 2 heterocycles. The van der Waals surface area contributed by atoms with E-state index < -0.39 is 10.0 Å². The van der Waals surface area contributed by atoms with E-state index in [-0.39, 0.29) is 0 Å². The first-order valence-electron chi connectivity index (χ1n) is 10.2. The number of sulfonamides is 1. The van der Waals surface area contributed by atoms with Crippen LogP contribution in [0.25, 0.3) is 11.5 Å². The molecule has 1 aliphatic heterocycles. The summed E-state index contributed by atoms with van der Waals surface area (Å²) in [5.74, 6) is 1.43. The predicted molar refractivity (Wildman–Crippen MR) is 117 cm³/mol. The number of aromatic nitrogens is 1. The number of benzene rings is 2. The van der Waals surface area contributed by atoms with Gasteiger partial charge in [0.1, 0.15) is 5.76 Å². The maximum atomic E-state index is 13.0. The molecule has 1 aliphatic rings. The molecule has 6 nitrogen and oxygen atoms in total. The highest BCUT2D eigenvalue weighted by Gasteiger charge is 2.29. The number of rotatable bonds is 5. The van der Waals surface area contributed by atoms with Crippen LogP contribution in [-0.2, 0) is 16.6 Å². The molecule has 2 aromatic carbocycles. The van der Waals surface area contributed by atoms with Gasteiger partial charge in [-0.05, 0) is 56.2 Å². The average Bonchev–Trinajstić information content (AvgIpc) is 3.11. The molecule has 1 saturated heterocycles.